The van der Waals surface area contributed by atoms with Gasteiger partial charge in [0.25, 0.3) is 5.91 Å². The fourth-order valence-corrected chi connectivity index (χ4v) is 4.03. The summed E-state index contributed by atoms with van der Waals surface area (Å²) in [4.78, 5) is 21.1. The van der Waals surface area contributed by atoms with Crippen molar-refractivity contribution in [3.63, 3.8) is 0 Å². The standard InChI is InChI=1S/C26H36N4O/c1-2-3-4-5-6-7-8-9-12-20-30-24-16-11-10-15-23(24)29-25(30)17-19-28-26(31)22-14-13-18-27-21-22/h10-11,13-16,18,21H,2-9,12,17,19-20H2,1H3,(H,28,31). The topological polar surface area (TPSA) is 59.8 Å². The van der Waals surface area contributed by atoms with Gasteiger partial charge < -0.3 is 9.88 Å². The van der Waals surface area contributed by atoms with E-state index < -0.39 is 0 Å². The molecule has 31 heavy (non-hydrogen) atoms. The third kappa shape index (κ3) is 7.20. The molecule has 0 unspecified atom stereocenters. The summed E-state index contributed by atoms with van der Waals surface area (Å²) in [5.74, 6) is 0.960. The van der Waals surface area contributed by atoms with Crippen LogP contribution in [0.5, 0.6) is 0 Å². The molecule has 1 N–H and O–H groups in total. The van der Waals surface area contributed by atoms with Gasteiger partial charge in [-0.1, -0.05) is 70.4 Å². The van der Waals surface area contributed by atoms with E-state index >= 15 is 0 Å². The summed E-state index contributed by atoms with van der Waals surface area (Å²) in [6.45, 7) is 3.82. The molecule has 0 saturated carbocycles. The second-order valence-electron chi connectivity index (χ2n) is 8.24. The summed E-state index contributed by atoms with van der Waals surface area (Å²) in [5.41, 5.74) is 2.81. The Morgan fingerprint density at radius 1 is 0.935 bits per heavy atom. The molecule has 2 heterocycles. The van der Waals surface area contributed by atoms with Crippen molar-refractivity contribution in [2.45, 2.75) is 77.7 Å². The first-order chi connectivity index (χ1) is 15.3. The first-order valence-electron chi connectivity index (χ1n) is 11.9. The highest BCUT2D eigenvalue weighted by Crippen LogP contribution is 2.18. The number of hydrogen-bond acceptors (Lipinski definition) is 3. The second kappa shape index (κ2) is 12.9. The lowest BCUT2D eigenvalue weighted by atomic mass is 10.1. The van der Waals surface area contributed by atoms with Crippen LogP contribution < -0.4 is 5.32 Å². The number of para-hydroxylation sites is 2. The summed E-state index contributed by atoms with van der Waals surface area (Å²) in [6, 6.07) is 11.9. The van der Waals surface area contributed by atoms with Gasteiger partial charge in [-0.3, -0.25) is 9.78 Å². The van der Waals surface area contributed by atoms with Crippen LogP contribution in [0.3, 0.4) is 0 Å². The number of rotatable bonds is 14. The lowest BCUT2D eigenvalue weighted by Gasteiger charge is -2.10. The molecule has 0 aliphatic heterocycles. The summed E-state index contributed by atoms with van der Waals surface area (Å²) in [6.07, 6.45) is 15.9. The van der Waals surface area contributed by atoms with Gasteiger partial charge in [-0.2, -0.15) is 0 Å². The van der Waals surface area contributed by atoms with Gasteiger partial charge in [0, 0.05) is 31.9 Å². The molecule has 3 aromatic rings. The van der Waals surface area contributed by atoms with E-state index in [1.165, 1.54) is 63.3 Å². The molecule has 0 aliphatic carbocycles. The van der Waals surface area contributed by atoms with Gasteiger partial charge in [0.15, 0.2) is 0 Å². The van der Waals surface area contributed by atoms with Gasteiger partial charge in [0.05, 0.1) is 16.6 Å². The summed E-state index contributed by atoms with van der Waals surface area (Å²) < 4.78 is 2.34. The fourth-order valence-electron chi connectivity index (χ4n) is 4.03. The van der Waals surface area contributed by atoms with Gasteiger partial charge in [-0.05, 0) is 30.7 Å². The molecule has 0 radical (unpaired) electrons. The van der Waals surface area contributed by atoms with Crippen molar-refractivity contribution in [2.24, 2.45) is 0 Å². The average Bonchev–Trinajstić information content (AvgIpc) is 3.16. The van der Waals surface area contributed by atoms with E-state index in [1.54, 1.807) is 24.5 Å². The number of nitrogens with zero attached hydrogens (tertiary/aromatic N) is 3. The van der Waals surface area contributed by atoms with Crippen LogP contribution in [0.15, 0.2) is 48.8 Å². The number of amides is 1. The van der Waals surface area contributed by atoms with E-state index in [4.69, 9.17) is 4.98 Å². The number of carbonyl (C=O) groups is 1. The van der Waals surface area contributed by atoms with Crippen molar-refractivity contribution < 1.29 is 4.79 Å². The molecule has 0 saturated heterocycles. The minimum absolute atomic E-state index is 0.0882. The molecule has 2 aromatic heterocycles. The van der Waals surface area contributed by atoms with E-state index in [1.807, 2.05) is 6.07 Å². The maximum absolute atomic E-state index is 12.3. The molecule has 5 heteroatoms. The molecule has 0 atom stereocenters. The number of carbonyl (C=O) groups excluding carboxylic acids is 1. The fraction of sp³-hybridized carbons (Fsp3) is 0.500. The third-order valence-electron chi connectivity index (χ3n) is 5.78. The summed E-state index contributed by atoms with van der Waals surface area (Å²) in [5, 5.41) is 2.99. The Labute approximate surface area is 186 Å². The molecule has 166 valence electrons. The number of aryl methyl sites for hydroxylation is 1. The largest absolute Gasteiger partial charge is 0.352 e. The van der Waals surface area contributed by atoms with Crippen molar-refractivity contribution in [1.29, 1.82) is 0 Å². The van der Waals surface area contributed by atoms with Gasteiger partial charge in [0.1, 0.15) is 5.82 Å². The molecule has 5 nitrogen and oxygen atoms in total. The van der Waals surface area contributed by atoms with E-state index in [9.17, 15) is 4.79 Å². The van der Waals surface area contributed by atoms with Crippen molar-refractivity contribution in [3.8, 4) is 0 Å². The lowest BCUT2D eigenvalue weighted by Crippen LogP contribution is -2.26. The van der Waals surface area contributed by atoms with Gasteiger partial charge >= 0.3 is 0 Å². The first kappa shape index (κ1) is 23.0. The Hall–Kier alpha value is -2.69. The normalized spacial score (nSPS) is 11.1. The van der Waals surface area contributed by atoms with Gasteiger partial charge in [-0.25, -0.2) is 4.98 Å². The number of imidazole rings is 1. The highest BCUT2D eigenvalue weighted by molar-refractivity contribution is 5.93. The number of fused-ring (bicyclic) bond motifs is 1. The molecule has 0 fully saturated rings. The Bertz CT molecular complexity index is 920. The molecule has 0 spiro atoms. The van der Waals surface area contributed by atoms with Crippen LogP contribution in [0.2, 0.25) is 0 Å². The number of unbranched alkanes of at least 4 members (excludes halogenated alkanes) is 8. The molecule has 1 aromatic carbocycles. The molecular formula is C26H36N4O. The highest BCUT2D eigenvalue weighted by atomic mass is 16.1. The van der Waals surface area contributed by atoms with Gasteiger partial charge in [-0.15, -0.1) is 0 Å². The van der Waals surface area contributed by atoms with E-state index in [0.717, 1.165) is 24.3 Å². The smallest absolute Gasteiger partial charge is 0.252 e. The van der Waals surface area contributed by atoms with Crippen LogP contribution in [0.1, 0.15) is 80.9 Å². The first-order valence-corrected chi connectivity index (χ1v) is 11.9. The highest BCUT2D eigenvalue weighted by Gasteiger charge is 2.11. The van der Waals surface area contributed by atoms with Crippen LogP contribution in [0, 0.1) is 0 Å². The van der Waals surface area contributed by atoms with Crippen LogP contribution in [-0.2, 0) is 13.0 Å². The minimum atomic E-state index is -0.0882. The Balaban J connectivity index is 1.48. The minimum Gasteiger partial charge on any atom is -0.352 e. The third-order valence-corrected chi connectivity index (χ3v) is 5.78. The predicted octanol–water partition coefficient (Wildman–Crippen LogP) is 5.93. The molecule has 0 bridgehead atoms. The maximum atomic E-state index is 12.3. The number of aromatic nitrogens is 3. The Morgan fingerprint density at radius 2 is 1.68 bits per heavy atom. The summed E-state index contributed by atoms with van der Waals surface area (Å²) in [7, 11) is 0. The van der Waals surface area contributed by atoms with Gasteiger partial charge in [0.2, 0.25) is 0 Å². The molecule has 3 rings (SSSR count). The Morgan fingerprint density at radius 3 is 2.42 bits per heavy atom. The number of benzene rings is 1. The van der Waals surface area contributed by atoms with Crippen molar-refractivity contribution in [2.75, 3.05) is 6.54 Å². The quantitative estimate of drug-likeness (QED) is 0.329. The molecular weight excluding hydrogens is 384 g/mol. The van der Waals surface area contributed by atoms with Crippen LogP contribution in [-0.4, -0.2) is 27.0 Å². The van der Waals surface area contributed by atoms with Crippen LogP contribution in [0.4, 0.5) is 0 Å². The van der Waals surface area contributed by atoms with Crippen molar-refractivity contribution in [3.05, 3.63) is 60.2 Å². The number of nitrogens with one attached hydrogen (secondary N) is 1. The predicted molar refractivity (Wildman–Crippen MR) is 127 cm³/mol. The van der Waals surface area contributed by atoms with Crippen LogP contribution >= 0.6 is 0 Å². The zero-order chi connectivity index (χ0) is 21.7. The van der Waals surface area contributed by atoms with E-state index in [2.05, 4.69) is 40.0 Å². The molecule has 0 aliphatic rings. The Kier molecular flexibility index (Phi) is 9.55. The SMILES string of the molecule is CCCCCCCCCCCn1c(CCNC(=O)c2cccnc2)nc2ccccc21. The van der Waals surface area contributed by atoms with Crippen LogP contribution in [0.25, 0.3) is 11.0 Å². The zero-order valence-corrected chi connectivity index (χ0v) is 18.9. The second-order valence-corrected chi connectivity index (χ2v) is 8.24. The van der Waals surface area contributed by atoms with Crippen molar-refractivity contribution >= 4 is 16.9 Å². The average molecular weight is 421 g/mol. The zero-order valence-electron chi connectivity index (χ0n) is 18.9. The lowest BCUT2D eigenvalue weighted by molar-refractivity contribution is 0.0953. The maximum Gasteiger partial charge on any atom is 0.252 e. The van der Waals surface area contributed by atoms with Crippen molar-refractivity contribution in [1.82, 2.24) is 19.9 Å². The number of hydrogen-bond donors (Lipinski definition) is 1. The molecule has 1 amide bonds. The van der Waals surface area contributed by atoms with E-state index in [0.29, 0.717) is 12.1 Å². The monoisotopic (exact) mass is 420 g/mol. The summed E-state index contributed by atoms with van der Waals surface area (Å²) >= 11 is 0. The van der Waals surface area contributed by atoms with E-state index in [-0.39, 0.29) is 5.91 Å². The number of pyridine rings is 1.